The van der Waals surface area contributed by atoms with E-state index in [0.717, 1.165) is 16.0 Å². The molecule has 3 aromatic carbocycles. The number of fused-ring (bicyclic) bond motifs is 1. The van der Waals surface area contributed by atoms with E-state index in [4.69, 9.17) is 14.5 Å². The molecule has 6 heteroatoms. The topological polar surface area (TPSA) is 65.0 Å². The molecule has 0 fully saturated rings. The van der Waals surface area contributed by atoms with E-state index >= 15 is 0 Å². The van der Waals surface area contributed by atoms with Crippen LogP contribution in [-0.4, -0.2) is 37.1 Å². The summed E-state index contributed by atoms with van der Waals surface area (Å²) in [5, 5.41) is -0.912. The lowest BCUT2D eigenvalue weighted by Gasteiger charge is -2.29. The molecule has 0 amide bonds. The van der Waals surface area contributed by atoms with Gasteiger partial charge in [0.05, 0.1) is 19.9 Å². The van der Waals surface area contributed by atoms with Crippen LogP contribution in [0.15, 0.2) is 94.8 Å². The maximum Gasteiger partial charge on any atom is 0.340 e. The van der Waals surface area contributed by atoms with Crippen LogP contribution < -0.4 is 0 Å². The molecule has 31 heavy (non-hydrogen) atoms. The van der Waals surface area contributed by atoms with E-state index in [9.17, 15) is 9.59 Å². The zero-order valence-electron chi connectivity index (χ0n) is 17.1. The van der Waals surface area contributed by atoms with Gasteiger partial charge in [0.25, 0.3) is 0 Å². The normalized spacial score (nSPS) is 19.2. The lowest BCUT2D eigenvalue weighted by atomic mass is 9.86. The fraction of sp³-hybridized carbons (Fsp3) is 0.160. The molecule has 0 radical (unpaired) electrons. The summed E-state index contributed by atoms with van der Waals surface area (Å²) in [7, 11) is 2.62. The van der Waals surface area contributed by atoms with Crippen molar-refractivity contribution in [3.05, 3.63) is 102 Å². The average Bonchev–Trinajstić information content (AvgIpc) is 3.17. The number of aliphatic imine (C=N–C) groups is 1. The van der Waals surface area contributed by atoms with Crippen molar-refractivity contribution in [2.24, 2.45) is 4.99 Å². The van der Waals surface area contributed by atoms with E-state index in [1.165, 1.54) is 26.0 Å². The second kappa shape index (κ2) is 8.78. The van der Waals surface area contributed by atoms with Crippen molar-refractivity contribution < 1.29 is 19.1 Å². The second-order valence-corrected chi connectivity index (χ2v) is 8.11. The highest BCUT2D eigenvalue weighted by molar-refractivity contribution is 8.01. The molecule has 1 aliphatic heterocycles. The predicted molar refractivity (Wildman–Crippen MR) is 120 cm³/mol. The summed E-state index contributed by atoms with van der Waals surface area (Å²) in [5.74, 6) is -1.14. The van der Waals surface area contributed by atoms with Crippen molar-refractivity contribution in [2.75, 3.05) is 14.2 Å². The molecule has 156 valence electrons. The molecule has 0 saturated carbocycles. The summed E-state index contributed by atoms with van der Waals surface area (Å²) in [6.45, 7) is 0. The van der Waals surface area contributed by atoms with Gasteiger partial charge in [0, 0.05) is 21.6 Å². The lowest BCUT2D eigenvalue weighted by Crippen LogP contribution is -2.46. The summed E-state index contributed by atoms with van der Waals surface area (Å²) in [6, 6.07) is 26.6. The third kappa shape index (κ3) is 3.64. The Hall–Kier alpha value is -3.38. The van der Waals surface area contributed by atoms with Gasteiger partial charge < -0.3 is 9.47 Å². The van der Waals surface area contributed by atoms with Gasteiger partial charge in [-0.15, -0.1) is 11.8 Å². The van der Waals surface area contributed by atoms with Crippen molar-refractivity contribution in [1.82, 2.24) is 0 Å². The number of thioether (sulfide) groups is 1. The van der Waals surface area contributed by atoms with Gasteiger partial charge in [-0.1, -0.05) is 78.9 Å². The Kier molecular flexibility index (Phi) is 5.91. The Morgan fingerprint density at radius 1 is 0.806 bits per heavy atom. The quantitative estimate of drug-likeness (QED) is 0.447. The van der Waals surface area contributed by atoms with E-state index < -0.39 is 22.7 Å². The Balaban J connectivity index is 2.05. The van der Waals surface area contributed by atoms with Crippen molar-refractivity contribution in [3.63, 3.8) is 0 Å². The molecule has 0 bridgehead atoms. The van der Waals surface area contributed by atoms with Crippen molar-refractivity contribution in [3.8, 4) is 0 Å². The minimum absolute atomic E-state index is 0.532. The van der Waals surface area contributed by atoms with Gasteiger partial charge in [-0.25, -0.2) is 4.79 Å². The number of esters is 2. The monoisotopic (exact) mass is 431 g/mol. The summed E-state index contributed by atoms with van der Waals surface area (Å²) in [5.41, 5.74) is 1.30. The van der Waals surface area contributed by atoms with Crippen LogP contribution >= 0.6 is 11.8 Å². The van der Waals surface area contributed by atoms with Gasteiger partial charge in [-0.3, -0.25) is 9.79 Å². The van der Waals surface area contributed by atoms with Crippen LogP contribution in [0.25, 0.3) is 0 Å². The number of methoxy groups -OCH3 is 2. The number of rotatable bonds is 5. The van der Waals surface area contributed by atoms with Crippen LogP contribution in [0.2, 0.25) is 0 Å². The van der Waals surface area contributed by atoms with E-state index in [1.807, 2.05) is 84.9 Å². The largest absolute Gasteiger partial charge is 0.468 e. The van der Waals surface area contributed by atoms with Gasteiger partial charge in [0.1, 0.15) is 5.25 Å². The van der Waals surface area contributed by atoms with Gasteiger partial charge >= 0.3 is 11.9 Å². The summed E-state index contributed by atoms with van der Waals surface area (Å²) in [4.78, 5) is 32.1. The fourth-order valence-electron chi connectivity index (χ4n) is 3.76. The Morgan fingerprint density at radius 3 is 1.90 bits per heavy atom. The first-order valence-corrected chi connectivity index (χ1v) is 10.6. The van der Waals surface area contributed by atoms with E-state index in [2.05, 4.69) is 0 Å². The number of nitrogens with zero attached hydrogens (tertiary/aromatic N) is 1. The molecule has 4 rings (SSSR count). The van der Waals surface area contributed by atoms with Crippen LogP contribution in [-0.2, 0) is 24.6 Å². The molecule has 1 aliphatic rings. The minimum atomic E-state index is -1.58. The van der Waals surface area contributed by atoms with Crippen LogP contribution in [0.4, 0.5) is 0 Å². The number of hydrogen-bond acceptors (Lipinski definition) is 6. The molecule has 0 N–H and O–H groups in total. The van der Waals surface area contributed by atoms with Crippen LogP contribution in [0.1, 0.15) is 16.7 Å². The number of hydrogen-bond donors (Lipinski definition) is 0. The molecular weight excluding hydrogens is 410 g/mol. The number of carbonyl (C=O) groups is 2. The molecular formula is C25H21NO4S. The first-order chi connectivity index (χ1) is 15.1. The lowest BCUT2D eigenvalue weighted by molar-refractivity contribution is -0.153. The summed E-state index contributed by atoms with van der Waals surface area (Å²) in [6.07, 6.45) is 0. The SMILES string of the molecule is COC(=O)[C@@H]1Sc2ccccc2[C@]1(N=C(c1ccccc1)c1ccccc1)C(=O)OC. The number of ether oxygens (including phenoxy) is 2. The minimum Gasteiger partial charge on any atom is -0.468 e. The smallest absolute Gasteiger partial charge is 0.340 e. The molecule has 5 nitrogen and oxygen atoms in total. The standard InChI is InChI=1S/C25H21NO4S/c1-29-23(27)22-25(24(28)30-2,19-15-9-10-16-20(19)31-22)26-21(17-11-5-3-6-12-17)18-13-7-4-8-14-18/h3-16,22H,1-2H3/t22-,25+/m0/s1. The molecule has 2 atom stereocenters. The second-order valence-electron chi connectivity index (χ2n) is 6.97. The van der Waals surface area contributed by atoms with E-state index in [-0.39, 0.29) is 0 Å². The number of benzene rings is 3. The van der Waals surface area contributed by atoms with Crippen LogP contribution in [0, 0.1) is 0 Å². The van der Waals surface area contributed by atoms with Gasteiger partial charge in [-0.05, 0) is 6.07 Å². The first kappa shape index (κ1) is 20.9. The Morgan fingerprint density at radius 2 is 1.35 bits per heavy atom. The molecule has 0 saturated heterocycles. The zero-order valence-corrected chi connectivity index (χ0v) is 18.0. The Bertz CT molecular complexity index is 1090. The highest BCUT2D eigenvalue weighted by Gasteiger charge is 2.58. The fourth-order valence-corrected chi connectivity index (χ4v) is 5.17. The van der Waals surface area contributed by atoms with E-state index in [1.54, 1.807) is 0 Å². The summed E-state index contributed by atoms with van der Waals surface area (Å²) < 4.78 is 10.3. The maximum atomic E-state index is 13.4. The number of carbonyl (C=O) groups excluding carboxylic acids is 2. The third-order valence-electron chi connectivity index (χ3n) is 5.22. The van der Waals surface area contributed by atoms with Gasteiger partial charge in [-0.2, -0.15) is 0 Å². The predicted octanol–water partition coefficient (Wildman–Crippen LogP) is 4.24. The van der Waals surface area contributed by atoms with E-state index in [0.29, 0.717) is 11.3 Å². The molecule has 0 aliphatic carbocycles. The summed E-state index contributed by atoms with van der Waals surface area (Å²) >= 11 is 1.27. The molecule has 3 aromatic rings. The third-order valence-corrected chi connectivity index (χ3v) is 6.60. The Labute approximate surface area is 185 Å². The van der Waals surface area contributed by atoms with Crippen LogP contribution in [0.5, 0.6) is 0 Å². The molecule has 0 spiro atoms. The highest BCUT2D eigenvalue weighted by atomic mass is 32.2. The van der Waals surface area contributed by atoms with Crippen molar-refractivity contribution in [2.45, 2.75) is 15.7 Å². The van der Waals surface area contributed by atoms with Crippen molar-refractivity contribution in [1.29, 1.82) is 0 Å². The highest BCUT2D eigenvalue weighted by Crippen LogP contribution is 2.52. The average molecular weight is 432 g/mol. The zero-order chi connectivity index (χ0) is 21.8. The van der Waals surface area contributed by atoms with Crippen LogP contribution in [0.3, 0.4) is 0 Å². The van der Waals surface area contributed by atoms with Gasteiger partial charge in [0.15, 0.2) is 0 Å². The molecule has 0 unspecified atom stereocenters. The van der Waals surface area contributed by atoms with Crippen molar-refractivity contribution >= 4 is 29.4 Å². The van der Waals surface area contributed by atoms with Gasteiger partial charge in [0.2, 0.25) is 5.54 Å². The molecule has 0 aromatic heterocycles. The maximum absolute atomic E-state index is 13.4. The molecule has 1 heterocycles. The first-order valence-electron chi connectivity index (χ1n) is 9.75.